The predicted octanol–water partition coefficient (Wildman–Crippen LogP) is 1.60. The van der Waals surface area contributed by atoms with E-state index < -0.39 is 30.3 Å². The minimum absolute atomic E-state index is 0.0154. The first-order chi connectivity index (χ1) is 29.2. The molecule has 4 aromatic rings. The van der Waals surface area contributed by atoms with Crippen molar-refractivity contribution in [3.8, 4) is 23.0 Å². The fourth-order valence-electron chi connectivity index (χ4n) is 6.90. The molecule has 0 saturated carbocycles. The van der Waals surface area contributed by atoms with E-state index >= 15 is 0 Å². The molecule has 6 unspecified atom stereocenters. The minimum Gasteiger partial charge on any atom is -0.491 e. The lowest BCUT2D eigenvalue weighted by Gasteiger charge is -2.30. The Bertz CT molecular complexity index is 1960. The third-order valence-corrected chi connectivity index (χ3v) is 10.5. The highest BCUT2D eigenvalue weighted by atomic mass is 16.6. The van der Waals surface area contributed by atoms with Gasteiger partial charge in [-0.1, -0.05) is 48.5 Å². The standard InChI is InChI=1S/C45H48N4O11/c50-31(21-55-32-9-1-27(2-10-32)17-38-42(51)48-40(44(53)46-38)19-29-5-13-34(14-6-29)57-23-36-25-59-36)22-56-33-11-3-28(4-12-33)18-39-43(52)49-41(45(54)47-39)20-30-7-15-35(16-8-30)58-24-37-26-60-37/h1-16,31,36-41,50H,17-26H2,(H,46,53)(H,47,54)(H,48,51)(H,49,52). The van der Waals surface area contributed by atoms with Gasteiger partial charge in [0.15, 0.2) is 0 Å². The van der Waals surface area contributed by atoms with Gasteiger partial charge in [0.25, 0.3) is 0 Å². The monoisotopic (exact) mass is 820 g/mol. The van der Waals surface area contributed by atoms with Gasteiger partial charge in [-0.2, -0.15) is 0 Å². The highest BCUT2D eigenvalue weighted by molar-refractivity contribution is 5.98. The Hall–Kier alpha value is -6.16. The van der Waals surface area contributed by atoms with E-state index in [1.165, 1.54) is 0 Å². The Morgan fingerprint density at radius 1 is 0.450 bits per heavy atom. The molecule has 5 N–H and O–H groups in total. The second-order valence-electron chi connectivity index (χ2n) is 15.4. The Labute approximate surface area is 347 Å². The van der Waals surface area contributed by atoms with E-state index in [1.807, 2.05) is 72.8 Å². The number of aliphatic hydroxyl groups excluding tert-OH is 1. The number of epoxide rings is 2. The molecule has 4 saturated heterocycles. The lowest BCUT2D eigenvalue weighted by Crippen LogP contribution is -2.62. The number of carbonyl (C=O) groups is 4. The summed E-state index contributed by atoms with van der Waals surface area (Å²) in [6, 6.07) is 26.4. The molecule has 60 heavy (non-hydrogen) atoms. The molecule has 8 rings (SSSR count). The first-order valence-electron chi connectivity index (χ1n) is 20.2. The third kappa shape index (κ3) is 11.5. The molecule has 15 heteroatoms. The fourth-order valence-corrected chi connectivity index (χ4v) is 6.90. The molecule has 4 heterocycles. The molecule has 15 nitrogen and oxygen atoms in total. The van der Waals surface area contributed by atoms with Gasteiger partial charge in [-0.05, 0) is 70.8 Å². The van der Waals surface area contributed by atoms with Crippen LogP contribution in [0.25, 0.3) is 0 Å². The molecule has 314 valence electrons. The van der Waals surface area contributed by atoms with Crippen molar-refractivity contribution < 1.29 is 52.7 Å². The normalized spacial score (nSPS) is 23.6. The average molecular weight is 821 g/mol. The van der Waals surface area contributed by atoms with Crippen LogP contribution in [0.2, 0.25) is 0 Å². The number of nitrogens with one attached hydrogen (secondary N) is 4. The molecule has 0 radical (unpaired) electrons. The maximum atomic E-state index is 12.9. The van der Waals surface area contributed by atoms with Gasteiger partial charge in [-0.3, -0.25) is 19.2 Å². The van der Waals surface area contributed by atoms with E-state index in [0.29, 0.717) is 50.4 Å². The van der Waals surface area contributed by atoms with Crippen molar-refractivity contribution in [1.82, 2.24) is 21.3 Å². The van der Waals surface area contributed by atoms with Gasteiger partial charge in [0.2, 0.25) is 23.6 Å². The highest BCUT2D eigenvalue weighted by Crippen LogP contribution is 2.21. The van der Waals surface area contributed by atoms with Gasteiger partial charge in [-0.25, -0.2) is 0 Å². The zero-order valence-electron chi connectivity index (χ0n) is 32.9. The molecule has 4 aromatic carbocycles. The van der Waals surface area contributed by atoms with Crippen molar-refractivity contribution in [1.29, 1.82) is 0 Å². The number of carbonyl (C=O) groups excluding carboxylic acids is 4. The minimum atomic E-state index is -0.921. The van der Waals surface area contributed by atoms with Crippen molar-refractivity contribution in [2.75, 3.05) is 39.6 Å². The van der Waals surface area contributed by atoms with Crippen LogP contribution in [0, 0.1) is 0 Å². The van der Waals surface area contributed by atoms with Crippen LogP contribution in [0.5, 0.6) is 23.0 Å². The SMILES string of the molecule is O=C1NC(Cc2ccc(OCC3CO3)cc2)C(=O)NC1Cc1ccc(OCC(O)COc2ccc(CC3NC(=O)C(Cc4ccc(OCC5CO5)cc4)NC3=O)cc2)cc1. The Morgan fingerprint density at radius 3 is 0.950 bits per heavy atom. The fraction of sp³-hybridized carbons (Fsp3) is 0.378. The Balaban J connectivity index is 0.713. The first kappa shape index (κ1) is 40.6. The van der Waals surface area contributed by atoms with Crippen LogP contribution in [0.4, 0.5) is 0 Å². The summed E-state index contributed by atoms with van der Waals surface area (Å²) < 4.78 is 33.2. The van der Waals surface area contributed by atoms with Crippen LogP contribution in [0.15, 0.2) is 97.1 Å². The number of rotatable bonds is 20. The van der Waals surface area contributed by atoms with E-state index in [4.69, 9.17) is 28.4 Å². The zero-order chi connectivity index (χ0) is 41.4. The quantitative estimate of drug-likeness (QED) is 0.0813. The summed E-state index contributed by atoms with van der Waals surface area (Å²) in [6.07, 6.45) is 0.760. The molecule has 4 aliphatic heterocycles. The molecular formula is C45H48N4O11. The van der Waals surface area contributed by atoms with Gasteiger partial charge in [0, 0.05) is 25.7 Å². The van der Waals surface area contributed by atoms with E-state index in [1.54, 1.807) is 24.3 Å². The van der Waals surface area contributed by atoms with E-state index in [2.05, 4.69) is 21.3 Å². The highest BCUT2D eigenvalue weighted by Gasteiger charge is 2.35. The van der Waals surface area contributed by atoms with Crippen molar-refractivity contribution in [2.45, 2.75) is 68.2 Å². The van der Waals surface area contributed by atoms with Gasteiger partial charge in [0.1, 0.15) is 91.9 Å². The van der Waals surface area contributed by atoms with Crippen molar-refractivity contribution in [3.63, 3.8) is 0 Å². The lowest BCUT2D eigenvalue weighted by molar-refractivity contribution is -0.136. The summed E-state index contributed by atoms with van der Waals surface area (Å²) in [5.74, 6) is 1.54. The molecule has 4 amide bonds. The van der Waals surface area contributed by atoms with Gasteiger partial charge in [0.05, 0.1) is 13.2 Å². The molecule has 0 aliphatic carbocycles. The molecule has 4 fully saturated rings. The molecular weight excluding hydrogens is 773 g/mol. The Kier molecular flexibility index (Phi) is 12.7. The van der Waals surface area contributed by atoms with Crippen LogP contribution < -0.4 is 40.2 Å². The summed E-state index contributed by atoms with van der Waals surface area (Å²) in [5, 5.41) is 21.9. The molecule has 0 bridgehead atoms. The topological polar surface area (TPSA) is 199 Å². The number of amides is 4. The number of hydrogen-bond donors (Lipinski definition) is 5. The number of piperazine rings is 2. The van der Waals surface area contributed by atoms with Crippen LogP contribution >= 0.6 is 0 Å². The van der Waals surface area contributed by atoms with E-state index in [-0.39, 0.29) is 49.1 Å². The second kappa shape index (κ2) is 18.8. The van der Waals surface area contributed by atoms with Gasteiger partial charge < -0.3 is 54.8 Å². The smallest absolute Gasteiger partial charge is 0.243 e. The molecule has 6 atom stereocenters. The Morgan fingerprint density at radius 2 is 0.700 bits per heavy atom. The summed E-state index contributed by atoms with van der Waals surface area (Å²) in [6.45, 7) is 2.45. The largest absolute Gasteiger partial charge is 0.491 e. The first-order valence-corrected chi connectivity index (χ1v) is 20.2. The van der Waals surface area contributed by atoms with E-state index in [9.17, 15) is 24.3 Å². The predicted molar refractivity (Wildman–Crippen MR) is 216 cm³/mol. The average Bonchev–Trinajstić information content (AvgIpc) is 4.20. The summed E-state index contributed by atoms with van der Waals surface area (Å²) >= 11 is 0. The van der Waals surface area contributed by atoms with Crippen LogP contribution in [0.3, 0.4) is 0 Å². The second-order valence-corrected chi connectivity index (χ2v) is 15.4. The van der Waals surface area contributed by atoms with E-state index in [0.717, 1.165) is 47.0 Å². The maximum absolute atomic E-state index is 12.9. The van der Waals surface area contributed by atoms with Crippen molar-refractivity contribution in [3.05, 3.63) is 119 Å². The summed E-state index contributed by atoms with van der Waals surface area (Å²) in [4.78, 5) is 51.6. The number of aliphatic hydroxyl groups is 1. The van der Waals surface area contributed by atoms with Crippen molar-refractivity contribution in [2.24, 2.45) is 0 Å². The zero-order valence-corrected chi connectivity index (χ0v) is 32.9. The number of benzene rings is 4. The van der Waals surface area contributed by atoms with Crippen LogP contribution in [-0.2, 0) is 54.3 Å². The molecule has 0 aromatic heterocycles. The van der Waals surface area contributed by atoms with Crippen LogP contribution in [-0.4, -0.2) is 111 Å². The third-order valence-electron chi connectivity index (χ3n) is 10.5. The van der Waals surface area contributed by atoms with Crippen molar-refractivity contribution >= 4 is 23.6 Å². The number of ether oxygens (including phenoxy) is 6. The maximum Gasteiger partial charge on any atom is 0.243 e. The summed E-state index contributed by atoms with van der Waals surface area (Å²) in [5.41, 5.74) is 3.48. The summed E-state index contributed by atoms with van der Waals surface area (Å²) in [7, 11) is 0. The lowest BCUT2D eigenvalue weighted by atomic mass is 9.98. The van der Waals surface area contributed by atoms with Gasteiger partial charge >= 0.3 is 0 Å². The molecule has 4 aliphatic rings. The molecule has 0 spiro atoms. The van der Waals surface area contributed by atoms with Gasteiger partial charge in [-0.15, -0.1) is 0 Å². The van der Waals surface area contributed by atoms with Crippen LogP contribution in [0.1, 0.15) is 22.3 Å². The number of hydrogen-bond acceptors (Lipinski definition) is 11.